The fourth-order valence-electron chi connectivity index (χ4n) is 2.51. The Morgan fingerprint density at radius 3 is 2.08 bits per heavy atom. The summed E-state index contributed by atoms with van der Waals surface area (Å²) in [5.41, 5.74) is 0. The van der Waals surface area contributed by atoms with E-state index >= 15 is 0 Å². The van der Waals surface area contributed by atoms with E-state index in [1.54, 1.807) is 0 Å². The van der Waals surface area contributed by atoms with Gasteiger partial charge in [0.05, 0.1) is 0 Å². The summed E-state index contributed by atoms with van der Waals surface area (Å²) in [6.45, 7) is 9.58. The molecule has 3 unspecified atom stereocenters. The van der Waals surface area contributed by atoms with Crippen molar-refractivity contribution in [3.63, 3.8) is 0 Å². The molecule has 1 aliphatic rings. The van der Waals surface area contributed by atoms with Gasteiger partial charge in [-0.25, -0.2) is 0 Å². The van der Waals surface area contributed by atoms with Gasteiger partial charge in [-0.05, 0) is 30.1 Å². The fourth-order valence-corrected chi connectivity index (χ4v) is 2.51. The van der Waals surface area contributed by atoms with E-state index in [4.69, 9.17) is 0 Å². The molecule has 74 valence electrons. The van der Waals surface area contributed by atoms with Crippen LogP contribution in [0.2, 0.25) is 0 Å². The van der Waals surface area contributed by atoms with Gasteiger partial charge in [-0.1, -0.05) is 40.5 Å². The molecular weight excluding hydrogens is 148 g/mol. The third-order valence-corrected chi connectivity index (χ3v) is 3.38. The van der Waals surface area contributed by atoms with E-state index in [2.05, 4.69) is 27.7 Å². The molecule has 0 saturated heterocycles. The topological polar surface area (TPSA) is 31.5 Å². The fraction of sp³-hybridized carbons (Fsp3) is 1.00. The van der Waals surface area contributed by atoms with Crippen LogP contribution in [0.5, 0.6) is 0 Å². The highest BCUT2D eigenvalue weighted by atomic mass is 16.0. The molecule has 0 aromatic rings. The molecule has 1 nitrogen and oxygen atoms in total. The molecule has 1 aliphatic carbocycles. The summed E-state index contributed by atoms with van der Waals surface area (Å²) in [5, 5.41) is 0. The van der Waals surface area contributed by atoms with Crippen LogP contribution in [0.4, 0.5) is 0 Å². The van der Waals surface area contributed by atoms with Crippen LogP contribution in [0.15, 0.2) is 0 Å². The van der Waals surface area contributed by atoms with Crippen LogP contribution in [-0.2, 0) is 0 Å². The predicted molar refractivity (Wildman–Crippen MR) is 54.1 cm³/mol. The van der Waals surface area contributed by atoms with Crippen molar-refractivity contribution in [2.45, 2.75) is 47.0 Å². The highest BCUT2D eigenvalue weighted by Crippen LogP contribution is 2.37. The van der Waals surface area contributed by atoms with Crippen LogP contribution in [0.25, 0.3) is 0 Å². The molecule has 1 rings (SSSR count). The molecule has 12 heavy (non-hydrogen) atoms. The maximum atomic E-state index is 2.43. The molecule has 1 saturated carbocycles. The minimum atomic E-state index is 0. The third kappa shape index (κ3) is 2.78. The monoisotopic (exact) mass is 172 g/mol. The summed E-state index contributed by atoms with van der Waals surface area (Å²) in [6.07, 6.45) is 4.40. The van der Waals surface area contributed by atoms with Gasteiger partial charge >= 0.3 is 0 Å². The van der Waals surface area contributed by atoms with Crippen LogP contribution in [-0.4, -0.2) is 5.48 Å². The highest BCUT2D eigenvalue weighted by molar-refractivity contribution is 4.77. The molecular formula is C11H24O. The molecule has 0 aliphatic heterocycles. The number of hydrogen-bond acceptors (Lipinski definition) is 0. The Morgan fingerprint density at radius 1 is 1.08 bits per heavy atom. The van der Waals surface area contributed by atoms with Gasteiger partial charge in [-0.15, -0.1) is 0 Å². The largest absolute Gasteiger partial charge is 0.412 e. The second-order valence-corrected chi connectivity index (χ2v) is 4.80. The first-order valence-corrected chi connectivity index (χ1v) is 5.11. The lowest BCUT2D eigenvalue weighted by Crippen LogP contribution is -2.25. The Balaban J connectivity index is 0.00000121. The van der Waals surface area contributed by atoms with Crippen molar-refractivity contribution in [3.8, 4) is 0 Å². The van der Waals surface area contributed by atoms with Crippen molar-refractivity contribution >= 4 is 0 Å². The third-order valence-electron chi connectivity index (χ3n) is 3.38. The summed E-state index contributed by atoms with van der Waals surface area (Å²) in [6, 6.07) is 0. The molecule has 0 aromatic heterocycles. The molecule has 0 bridgehead atoms. The van der Waals surface area contributed by atoms with Crippen molar-refractivity contribution in [3.05, 3.63) is 0 Å². The molecule has 1 heteroatoms. The van der Waals surface area contributed by atoms with E-state index in [9.17, 15) is 0 Å². The van der Waals surface area contributed by atoms with Crippen LogP contribution in [0, 0.1) is 23.7 Å². The normalized spacial score (nSPS) is 36.2. The first kappa shape index (κ1) is 12.0. The van der Waals surface area contributed by atoms with Crippen LogP contribution in [0.1, 0.15) is 47.0 Å². The lowest BCUT2D eigenvalue weighted by Gasteiger charge is -2.35. The standard InChI is InChI=1S/C11H22.H2O/c1-8(2)11-7-9(3)5-6-10(11)4;/h8-11H,5-7H2,1-4H3;1H2. The molecule has 0 radical (unpaired) electrons. The zero-order valence-corrected chi connectivity index (χ0v) is 8.93. The van der Waals surface area contributed by atoms with Gasteiger partial charge in [0, 0.05) is 0 Å². The lowest BCUT2D eigenvalue weighted by molar-refractivity contribution is 0.155. The maximum Gasteiger partial charge on any atom is -0.0363 e. The molecule has 0 aromatic carbocycles. The lowest BCUT2D eigenvalue weighted by atomic mass is 9.71. The van der Waals surface area contributed by atoms with Crippen molar-refractivity contribution in [1.82, 2.24) is 0 Å². The van der Waals surface area contributed by atoms with Gasteiger partial charge in [-0.2, -0.15) is 0 Å². The Morgan fingerprint density at radius 2 is 1.67 bits per heavy atom. The number of rotatable bonds is 1. The van der Waals surface area contributed by atoms with E-state index in [0.29, 0.717) is 0 Å². The van der Waals surface area contributed by atoms with Crippen molar-refractivity contribution in [2.24, 2.45) is 23.7 Å². The highest BCUT2D eigenvalue weighted by Gasteiger charge is 2.27. The summed E-state index contributed by atoms with van der Waals surface area (Å²) in [7, 11) is 0. The second kappa shape index (κ2) is 4.86. The van der Waals surface area contributed by atoms with Gasteiger partial charge in [0.25, 0.3) is 0 Å². The molecule has 3 atom stereocenters. The Hall–Kier alpha value is -0.0400. The van der Waals surface area contributed by atoms with Gasteiger partial charge in [0.2, 0.25) is 0 Å². The van der Waals surface area contributed by atoms with Crippen LogP contribution in [0.3, 0.4) is 0 Å². The quantitative estimate of drug-likeness (QED) is 0.582. The Bertz CT molecular complexity index is 120. The SMILES string of the molecule is CC1CCC(C)C(C(C)C)C1.O. The van der Waals surface area contributed by atoms with Gasteiger partial charge in [0.15, 0.2) is 0 Å². The molecule has 0 heterocycles. The predicted octanol–water partition coefficient (Wildman–Crippen LogP) is 2.89. The van der Waals surface area contributed by atoms with Crippen molar-refractivity contribution in [1.29, 1.82) is 0 Å². The van der Waals surface area contributed by atoms with Crippen LogP contribution < -0.4 is 0 Å². The first-order valence-electron chi connectivity index (χ1n) is 5.11. The zero-order valence-electron chi connectivity index (χ0n) is 8.93. The second-order valence-electron chi connectivity index (χ2n) is 4.80. The maximum absolute atomic E-state index is 2.43. The van der Waals surface area contributed by atoms with E-state index < -0.39 is 0 Å². The molecule has 1 fully saturated rings. The van der Waals surface area contributed by atoms with Crippen molar-refractivity contribution < 1.29 is 5.48 Å². The minimum Gasteiger partial charge on any atom is -0.412 e. The Kier molecular flexibility index (Phi) is 4.84. The average molecular weight is 172 g/mol. The van der Waals surface area contributed by atoms with E-state index in [-0.39, 0.29) is 5.48 Å². The zero-order chi connectivity index (χ0) is 8.43. The van der Waals surface area contributed by atoms with Gasteiger partial charge < -0.3 is 5.48 Å². The summed E-state index contributed by atoms with van der Waals surface area (Å²) in [4.78, 5) is 0. The van der Waals surface area contributed by atoms with Gasteiger partial charge in [-0.3, -0.25) is 0 Å². The molecule has 2 N–H and O–H groups in total. The van der Waals surface area contributed by atoms with E-state index in [0.717, 1.165) is 23.7 Å². The summed E-state index contributed by atoms with van der Waals surface area (Å²) >= 11 is 0. The summed E-state index contributed by atoms with van der Waals surface area (Å²) in [5.74, 6) is 3.86. The first-order chi connectivity index (χ1) is 5.11. The number of hydrogen-bond donors (Lipinski definition) is 0. The van der Waals surface area contributed by atoms with E-state index in [1.807, 2.05) is 0 Å². The minimum absolute atomic E-state index is 0. The molecule has 0 amide bonds. The van der Waals surface area contributed by atoms with Crippen LogP contribution >= 0.6 is 0 Å². The van der Waals surface area contributed by atoms with Crippen molar-refractivity contribution in [2.75, 3.05) is 0 Å². The molecule has 0 spiro atoms. The summed E-state index contributed by atoms with van der Waals surface area (Å²) < 4.78 is 0. The van der Waals surface area contributed by atoms with E-state index in [1.165, 1.54) is 19.3 Å². The smallest absolute Gasteiger partial charge is 0.0363 e. The van der Waals surface area contributed by atoms with Gasteiger partial charge in [0.1, 0.15) is 0 Å². The Labute approximate surface area is 76.9 Å². The average Bonchev–Trinajstić information content (AvgIpc) is 1.94.